The number of carbonyl (C=O) groups excluding carboxylic acids is 2. The van der Waals surface area contributed by atoms with Crippen molar-refractivity contribution >= 4 is 23.2 Å². The van der Waals surface area contributed by atoms with Gasteiger partial charge in [-0.2, -0.15) is 13.2 Å². The van der Waals surface area contributed by atoms with E-state index in [9.17, 15) is 31.5 Å². The molecule has 0 spiro atoms. The average molecular weight is 600 g/mol. The molecule has 3 atom stereocenters. The van der Waals surface area contributed by atoms with Crippen LogP contribution in [0.25, 0.3) is 0 Å². The van der Waals surface area contributed by atoms with E-state index in [1.165, 1.54) is 30.0 Å². The Labute approximate surface area is 247 Å². The topological polar surface area (TPSA) is 61.4 Å². The maximum atomic E-state index is 14.8. The van der Waals surface area contributed by atoms with E-state index < -0.39 is 52.7 Å². The molecule has 0 unspecified atom stereocenters. The quantitative estimate of drug-likeness (QED) is 0.281. The molecule has 1 aliphatic heterocycles. The van der Waals surface area contributed by atoms with Crippen LogP contribution >= 0.6 is 0 Å². The summed E-state index contributed by atoms with van der Waals surface area (Å²) >= 11 is 0. The second kappa shape index (κ2) is 12.3. The monoisotopic (exact) mass is 599 g/mol. The smallest absolute Gasteiger partial charge is 0.382 e. The zero-order valence-electron chi connectivity index (χ0n) is 24.0. The predicted molar refractivity (Wildman–Crippen MR) is 155 cm³/mol. The molecule has 2 amide bonds. The zero-order valence-corrected chi connectivity index (χ0v) is 24.0. The van der Waals surface area contributed by atoms with Gasteiger partial charge in [-0.3, -0.25) is 9.59 Å². The molecule has 3 aromatic rings. The molecule has 43 heavy (non-hydrogen) atoms. The second-order valence-corrected chi connectivity index (χ2v) is 11.7. The summed E-state index contributed by atoms with van der Waals surface area (Å²) in [7, 11) is 0. The van der Waals surface area contributed by atoms with Crippen LogP contribution in [0.1, 0.15) is 72.1 Å². The number of hydrogen-bond donors (Lipinski definition) is 2. The fraction of sp³-hybridized carbons (Fsp3) is 0.394. The normalized spacial score (nSPS) is 21.1. The highest BCUT2D eigenvalue weighted by molar-refractivity contribution is 5.97. The number of piperidine rings is 1. The molecule has 1 saturated heterocycles. The highest BCUT2D eigenvalue weighted by Crippen LogP contribution is 2.41. The third-order valence-corrected chi connectivity index (χ3v) is 8.44. The maximum Gasteiger partial charge on any atom is 0.416 e. The summed E-state index contributed by atoms with van der Waals surface area (Å²) in [6.07, 6.45) is 0.143. The van der Waals surface area contributed by atoms with Crippen LogP contribution in [0.5, 0.6) is 0 Å². The van der Waals surface area contributed by atoms with Gasteiger partial charge < -0.3 is 15.5 Å². The molecule has 10 heteroatoms. The summed E-state index contributed by atoms with van der Waals surface area (Å²) < 4.78 is 70.2. The van der Waals surface area contributed by atoms with Crippen molar-refractivity contribution < 1.29 is 31.5 Å². The maximum absolute atomic E-state index is 14.8. The van der Waals surface area contributed by atoms with E-state index in [-0.39, 0.29) is 23.7 Å². The summed E-state index contributed by atoms with van der Waals surface area (Å²) in [6, 6.07) is 13.4. The number of halogens is 5. The van der Waals surface area contributed by atoms with E-state index in [4.69, 9.17) is 0 Å². The number of aryl methyl sites for hydroxylation is 1. The van der Waals surface area contributed by atoms with Gasteiger partial charge in [0.1, 0.15) is 17.2 Å². The number of hydrogen-bond acceptors (Lipinski definition) is 3. The Morgan fingerprint density at radius 2 is 1.53 bits per heavy atom. The molecule has 1 heterocycles. The molecule has 2 aliphatic rings. The Kier molecular flexibility index (Phi) is 8.76. The molecule has 0 radical (unpaired) electrons. The van der Waals surface area contributed by atoms with Gasteiger partial charge >= 0.3 is 6.18 Å². The molecule has 3 aromatic carbocycles. The lowest BCUT2D eigenvalue weighted by molar-refractivity contribution is -0.138. The molecule has 1 saturated carbocycles. The van der Waals surface area contributed by atoms with Crippen LogP contribution in [-0.2, 0) is 11.0 Å². The number of nitrogens with zero attached hydrogens (tertiary/aromatic N) is 1. The van der Waals surface area contributed by atoms with E-state index in [0.29, 0.717) is 18.0 Å². The fourth-order valence-corrected chi connectivity index (χ4v) is 6.34. The molecule has 1 aliphatic carbocycles. The van der Waals surface area contributed by atoms with Crippen molar-refractivity contribution in [3.63, 3.8) is 0 Å². The van der Waals surface area contributed by atoms with Gasteiger partial charge in [0.05, 0.1) is 17.5 Å². The van der Waals surface area contributed by atoms with Crippen molar-refractivity contribution in [1.82, 2.24) is 4.90 Å². The third-order valence-electron chi connectivity index (χ3n) is 8.44. The van der Waals surface area contributed by atoms with Crippen molar-refractivity contribution in [2.75, 3.05) is 17.2 Å². The Balaban J connectivity index is 1.51. The molecule has 5 rings (SSSR count). The number of likely N-dealkylation sites (tertiary alicyclic amines) is 1. The first-order valence-corrected chi connectivity index (χ1v) is 14.5. The van der Waals surface area contributed by atoms with Crippen LogP contribution in [-0.4, -0.2) is 29.3 Å². The molecular weight excluding hydrogens is 565 g/mol. The molecule has 2 N–H and O–H groups in total. The summed E-state index contributed by atoms with van der Waals surface area (Å²) in [5, 5.41) is 6.11. The summed E-state index contributed by atoms with van der Waals surface area (Å²) in [5.74, 6) is -4.66. The average Bonchev–Trinajstić information content (AvgIpc) is 3.46. The highest BCUT2D eigenvalue weighted by Gasteiger charge is 2.43. The number of nitrogens with one attached hydrogen (secondary N) is 2. The van der Waals surface area contributed by atoms with Crippen LogP contribution in [0.3, 0.4) is 0 Å². The van der Waals surface area contributed by atoms with Crippen molar-refractivity contribution in [2.24, 2.45) is 11.8 Å². The standard InChI is InChI=1S/C33H34F5N3O2/c1-19-16-25(31(42)40-24-13-10-20(2)26(17-24)33(36,37)38)30(21-11-14-23(15-12-21)39-22-6-3-4-7-22)41(18-19)32(43)29-27(34)8-5-9-28(29)35/h5,8-15,17,19,22,25,30,39H,3-4,6-7,16,18H2,1-2H3,(H,40,42)/t19-,25+,30+/m1/s1. The minimum Gasteiger partial charge on any atom is -0.382 e. The summed E-state index contributed by atoms with van der Waals surface area (Å²) in [4.78, 5) is 28.9. The van der Waals surface area contributed by atoms with Crippen molar-refractivity contribution in [3.05, 3.63) is 94.6 Å². The van der Waals surface area contributed by atoms with Crippen LogP contribution < -0.4 is 10.6 Å². The van der Waals surface area contributed by atoms with Gasteiger partial charge in [0.15, 0.2) is 0 Å². The van der Waals surface area contributed by atoms with Crippen LogP contribution in [0.4, 0.5) is 33.3 Å². The minimum absolute atomic E-state index is 0.0182. The van der Waals surface area contributed by atoms with Gasteiger partial charge in [-0.15, -0.1) is 0 Å². The number of carbonyl (C=O) groups is 2. The van der Waals surface area contributed by atoms with E-state index in [0.717, 1.165) is 49.6 Å². The van der Waals surface area contributed by atoms with Crippen molar-refractivity contribution in [1.29, 1.82) is 0 Å². The number of amides is 2. The number of rotatable bonds is 6. The van der Waals surface area contributed by atoms with E-state index in [1.54, 1.807) is 12.1 Å². The zero-order chi connectivity index (χ0) is 30.9. The Morgan fingerprint density at radius 3 is 2.16 bits per heavy atom. The summed E-state index contributed by atoms with van der Waals surface area (Å²) in [6.45, 7) is 3.28. The first kappa shape index (κ1) is 30.5. The van der Waals surface area contributed by atoms with E-state index >= 15 is 0 Å². The predicted octanol–water partition coefficient (Wildman–Crippen LogP) is 8.12. The van der Waals surface area contributed by atoms with Gasteiger partial charge in [0, 0.05) is 24.0 Å². The van der Waals surface area contributed by atoms with Crippen LogP contribution in [0.2, 0.25) is 0 Å². The minimum atomic E-state index is -4.60. The number of alkyl halides is 3. The number of benzene rings is 3. The van der Waals surface area contributed by atoms with Gasteiger partial charge in [-0.25, -0.2) is 8.78 Å². The summed E-state index contributed by atoms with van der Waals surface area (Å²) in [5.41, 5.74) is -0.143. The first-order chi connectivity index (χ1) is 20.4. The van der Waals surface area contributed by atoms with Crippen molar-refractivity contribution in [3.8, 4) is 0 Å². The lowest BCUT2D eigenvalue weighted by atomic mass is 9.79. The second-order valence-electron chi connectivity index (χ2n) is 11.7. The molecule has 228 valence electrons. The van der Waals surface area contributed by atoms with E-state index in [2.05, 4.69) is 10.6 Å². The molecule has 2 fully saturated rings. The molecule has 0 bridgehead atoms. The fourth-order valence-electron chi connectivity index (χ4n) is 6.34. The Bertz CT molecular complexity index is 1460. The largest absolute Gasteiger partial charge is 0.416 e. The SMILES string of the molecule is Cc1ccc(NC(=O)[C@H]2C[C@@H](C)CN(C(=O)c3c(F)cccc3F)[C@H]2c2ccc(NC3CCCC3)cc2)cc1C(F)(F)F. The van der Waals surface area contributed by atoms with Crippen LogP contribution in [0, 0.1) is 30.4 Å². The number of anilines is 2. The molecule has 5 nitrogen and oxygen atoms in total. The first-order valence-electron chi connectivity index (χ1n) is 14.5. The third kappa shape index (κ3) is 6.68. The van der Waals surface area contributed by atoms with Crippen LogP contribution in [0.15, 0.2) is 60.7 Å². The lowest BCUT2D eigenvalue weighted by Crippen LogP contribution is -2.49. The van der Waals surface area contributed by atoms with Gasteiger partial charge in [-0.05, 0) is 79.6 Å². The van der Waals surface area contributed by atoms with Gasteiger partial charge in [-0.1, -0.05) is 44.0 Å². The van der Waals surface area contributed by atoms with Crippen molar-refractivity contribution in [2.45, 2.75) is 64.2 Å². The van der Waals surface area contributed by atoms with Gasteiger partial charge in [0.25, 0.3) is 5.91 Å². The van der Waals surface area contributed by atoms with Gasteiger partial charge in [0.2, 0.25) is 5.91 Å². The lowest BCUT2D eigenvalue weighted by Gasteiger charge is -2.43. The highest BCUT2D eigenvalue weighted by atomic mass is 19.4. The van der Waals surface area contributed by atoms with E-state index in [1.807, 2.05) is 19.1 Å². The molecule has 0 aromatic heterocycles. The Morgan fingerprint density at radius 1 is 0.907 bits per heavy atom. The Hall–Kier alpha value is -3.95. The molecular formula is C33H34F5N3O2.